The van der Waals surface area contributed by atoms with Crippen LogP contribution in [0.5, 0.6) is 0 Å². The molecular weight excluding hydrogens is 377 g/mol. The van der Waals surface area contributed by atoms with Gasteiger partial charge in [-0.25, -0.2) is 4.79 Å². The van der Waals surface area contributed by atoms with Crippen molar-refractivity contribution in [3.8, 4) is 0 Å². The van der Waals surface area contributed by atoms with Crippen LogP contribution in [-0.4, -0.2) is 11.1 Å². The van der Waals surface area contributed by atoms with Crippen molar-refractivity contribution in [1.29, 1.82) is 0 Å². The van der Waals surface area contributed by atoms with Gasteiger partial charge in [-0.3, -0.25) is 0 Å². The molecule has 0 aliphatic carbocycles. The normalized spacial score (nSPS) is 13.2. The first-order valence-electron chi connectivity index (χ1n) is 5.93. The van der Waals surface area contributed by atoms with E-state index in [0.29, 0.717) is 27.0 Å². The van der Waals surface area contributed by atoms with E-state index >= 15 is 0 Å². The van der Waals surface area contributed by atoms with E-state index in [0.717, 1.165) is 4.47 Å². The van der Waals surface area contributed by atoms with Crippen LogP contribution in [0.25, 0.3) is 0 Å². The van der Waals surface area contributed by atoms with Crippen molar-refractivity contribution in [2.45, 2.75) is 13.8 Å². The van der Waals surface area contributed by atoms with Gasteiger partial charge < -0.3 is 10.4 Å². The van der Waals surface area contributed by atoms with Crippen molar-refractivity contribution >= 4 is 50.8 Å². The summed E-state index contributed by atoms with van der Waals surface area (Å²) >= 11 is 15.5. The van der Waals surface area contributed by atoms with E-state index in [1.165, 1.54) is 6.08 Å². The zero-order chi connectivity index (χ0) is 16.2. The molecular formula is C15H14BrCl2NO2. The highest BCUT2D eigenvalue weighted by molar-refractivity contribution is 9.10. The Morgan fingerprint density at radius 2 is 2.05 bits per heavy atom. The third-order valence-corrected chi connectivity index (χ3v) is 3.88. The maximum Gasteiger partial charge on any atom is 0.337 e. The fraction of sp³-hybridized carbons (Fsp3) is 0.133. The Balaban J connectivity index is 3.43. The fourth-order valence-electron chi connectivity index (χ4n) is 1.56. The molecule has 0 fully saturated rings. The Kier molecular flexibility index (Phi) is 6.52. The summed E-state index contributed by atoms with van der Waals surface area (Å²) in [5.41, 5.74) is 1.56. The number of hydrogen-bond donors (Lipinski definition) is 2. The first kappa shape index (κ1) is 17.8. The summed E-state index contributed by atoms with van der Waals surface area (Å²) in [6, 6.07) is 5.25. The van der Waals surface area contributed by atoms with E-state index in [4.69, 9.17) is 23.2 Å². The van der Waals surface area contributed by atoms with Crippen LogP contribution in [-0.2, 0) is 4.79 Å². The molecule has 21 heavy (non-hydrogen) atoms. The molecule has 0 heterocycles. The molecule has 0 aromatic heterocycles. The van der Waals surface area contributed by atoms with Gasteiger partial charge in [0.15, 0.2) is 0 Å². The average molecular weight is 391 g/mol. The Hall–Kier alpha value is -1.23. The monoisotopic (exact) mass is 389 g/mol. The molecule has 0 saturated heterocycles. The average Bonchev–Trinajstić information content (AvgIpc) is 2.39. The SMILES string of the molecule is C=C/C(C(=O)O)=C(Nc1ccc(Br)cc1Cl)\C(C)=C(/C)Cl. The number of rotatable bonds is 5. The summed E-state index contributed by atoms with van der Waals surface area (Å²) in [6.45, 7) is 6.95. The summed E-state index contributed by atoms with van der Waals surface area (Å²) in [7, 11) is 0. The molecule has 0 aliphatic rings. The van der Waals surface area contributed by atoms with Crippen molar-refractivity contribution in [3.05, 3.63) is 62.2 Å². The van der Waals surface area contributed by atoms with Crippen molar-refractivity contribution in [2.24, 2.45) is 0 Å². The molecule has 0 amide bonds. The van der Waals surface area contributed by atoms with E-state index in [-0.39, 0.29) is 5.57 Å². The van der Waals surface area contributed by atoms with Gasteiger partial charge in [0.2, 0.25) is 0 Å². The van der Waals surface area contributed by atoms with E-state index < -0.39 is 5.97 Å². The maximum absolute atomic E-state index is 11.4. The molecule has 0 atom stereocenters. The summed E-state index contributed by atoms with van der Waals surface area (Å²) in [4.78, 5) is 11.4. The van der Waals surface area contributed by atoms with Gasteiger partial charge in [-0.2, -0.15) is 0 Å². The molecule has 1 rings (SSSR count). The molecule has 2 N–H and O–H groups in total. The molecule has 6 heteroatoms. The molecule has 3 nitrogen and oxygen atoms in total. The third kappa shape index (κ3) is 4.63. The number of allylic oxidation sites excluding steroid dienone is 2. The molecule has 0 radical (unpaired) electrons. The Labute approximate surface area is 142 Å². The highest BCUT2D eigenvalue weighted by atomic mass is 79.9. The Bertz CT molecular complexity index is 647. The van der Waals surface area contributed by atoms with Crippen LogP contribution in [0.4, 0.5) is 5.69 Å². The van der Waals surface area contributed by atoms with E-state index in [2.05, 4.69) is 27.8 Å². The largest absolute Gasteiger partial charge is 0.478 e. The van der Waals surface area contributed by atoms with Gasteiger partial charge in [0.1, 0.15) is 0 Å². The van der Waals surface area contributed by atoms with Crippen LogP contribution < -0.4 is 5.32 Å². The molecule has 0 aliphatic heterocycles. The van der Waals surface area contributed by atoms with Gasteiger partial charge in [-0.1, -0.05) is 51.8 Å². The molecule has 0 saturated carbocycles. The quantitative estimate of drug-likeness (QED) is 0.510. The highest BCUT2D eigenvalue weighted by Crippen LogP contribution is 2.30. The topological polar surface area (TPSA) is 49.3 Å². The molecule has 0 bridgehead atoms. The zero-order valence-corrected chi connectivity index (χ0v) is 14.6. The molecule has 1 aromatic rings. The number of nitrogens with one attached hydrogen (secondary N) is 1. The molecule has 0 spiro atoms. The van der Waals surface area contributed by atoms with E-state index in [1.807, 2.05) is 0 Å². The lowest BCUT2D eigenvalue weighted by Crippen LogP contribution is -2.11. The van der Waals surface area contributed by atoms with Crippen LogP contribution >= 0.6 is 39.1 Å². The third-order valence-electron chi connectivity index (χ3n) is 2.79. The predicted molar refractivity (Wildman–Crippen MR) is 91.9 cm³/mol. The minimum atomic E-state index is -1.10. The van der Waals surface area contributed by atoms with Crippen molar-refractivity contribution < 1.29 is 9.90 Å². The van der Waals surface area contributed by atoms with Crippen LogP contribution in [0.15, 0.2) is 57.2 Å². The first-order valence-corrected chi connectivity index (χ1v) is 7.48. The molecule has 1 aromatic carbocycles. The van der Waals surface area contributed by atoms with Crippen LogP contribution in [0, 0.1) is 0 Å². The van der Waals surface area contributed by atoms with E-state index in [1.54, 1.807) is 32.0 Å². The molecule has 112 valence electrons. The number of aliphatic carboxylic acids is 1. The summed E-state index contributed by atoms with van der Waals surface area (Å²) in [5.74, 6) is -1.10. The molecule has 0 unspecified atom stereocenters. The van der Waals surface area contributed by atoms with Gasteiger partial charge in [-0.05, 0) is 37.6 Å². The lowest BCUT2D eigenvalue weighted by atomic mass is 10.1. The number of anilines is 1. The predicted octanol–water partition coefficient (Wildman–Crippen LogP) is 5.57. The van der Waals surface area contributed by atoms with Gasteiger partial charge in [0.05, 0.1) is 22.0 Å². The first-order chi connectivity index (χ1) is 9.77. The standard InChI is InChI=1S/C15H14BrCl2NO2/c1-4-11(15(20)21)14(8(2)9(3)17)19-13-6-5-10(16)7-12(13)18/h4-7,19H,1H2,2-3H3,(H,20,21)/b9-8+,14-11-. The van der Waals surface area contributed by atoms with Crippen LogP contribution in [0.1, 0.15) is 13.8 Å². The van der Waals surface area contributed by atoms with Crippen LogP contribution in [0.3, 0.4) is 0 Å². The second-order valence-corrected chi connectivity index (χ2v) is 6.10. The van der Waals surface area contributed by atoms with Crippen molar-refractivity contribution in [1.82, 2.24) is 0 Å². The number of carboxylic acids is 1. The second kappa shape index (κ2) is 7.69. The van der Waals surface area contributed by atoms with E-state index in [9.17, 15) is 9.90 Å². The van der Waals surface area contributed by atoms with Gasteiger partial charge in [0.25, 0.3) is 0 Å². The smallest absolute Gasteiger partial charge is 0.337 e. The number of carbonyl (C=O) groups is 1. The number of hydrogen-bond acceptors (Lipinski definition) is 2. The zero-order valence-electron chi connectivity index (χ0n) is 11.5. The maximum atomic E-state index is 11.4. The summed E-state index contributed by atoms with van der Waals surface area (Å²) in [6.07, 6.45) is 1.26. The van der Waals surface area contributed by atoms with Crippen molar-refractivity contribution in [3.63, 3.8) is 0 Å². The minimum Gasteiger partial charge on any atom is -0.478 e. The highest BCUT2D eigenvalue weighted by Gasteiger charge is 2.16. The Morgan fingerprint density at radius 1 is 1.43 bits per heavy atom. The number of carboxylic acid groups (broad SMARTS) is 1. The number of halogens is 3. The van der Waals surface area contributed by atoms with Gasteiger partial charge >= 0.3 is 5.97 Å². The number of benzene rings is 1. The Morgan fingerprint density at radius 3 is 2.48 bits per heavy atom. The minimum absolute atomic E-state index is 0.0199. The summed E-state index contributed by atoms with van der Waals surface area (Å²) < 4.78 is 0.826. The second-order valence-electron chi connectivity index (χ2n) is 4.21. The lowest BCUT2D eigenvalue weighted by molar-refractivity contribution is -0.132. The fourth-order valence-corrected chi connectivity index (χ4v) is 2.37. The van der Waals surface area contributed by atoms with Gasteiger partial charge in [0, 0.05) is 9.51 Å². The van der Waals surface area contributed by atoms with Crippen LogP contribution in [0.2, 0.25) is 5.02 Å². The van der Waals surface area contributed by atoms with Gasteiger partial charge in [-0.15, -0.1) is 0 Å². The summed E-state index contributed by atoms with van der Waals surface area (Å²) in [5, 5.41) is 13.2. The van der Waals surface area contributed by atoms with Crippen molar-refractivity contribution in [2.75, 3.05) is 5.32 Å². The lowest BCUT2D eigenvalue weighted by Gasteiger charge is -2.16.